The van der Waals surface area contributed by atoms with Gasteiger partial charge in [-0.1, -0.05) is 69.2 Å². The van der Waals surface area contributed by atoms with E-state index in [-0.39, 0.29) is 11.8 Å². The number of carboxylic acid groups (broad SMARTS) is 1. The average Bonchev–Trinajstić information content (AvgIpc) is 1.93. The second-order valence-electron chi connectivity index (χ2n) is 9.01. The van der Waals surface area contributed by atoms with Gasteiger partial charge in [0.05, 0.1) is 6.42 Å². The van der Waals surface area contributed by atoms with Crippen molar-refractivity contribution in [3.05, 3.63) is 0 Å². The molecule has 116 valence electrons. The van der Waals surface area contributed by atoms with Crippen molar-refractivity contribution in [2.24, 2.45) is 22.2 Å². The highest BCUT2D eigenvalue weighted by atomic mass is 16.4. The maximum absolute atomic E-state index is 10.0. The molecule has 0 unspecified atom stereocenters. The normalized spacial score (nSPS) is 13.0. The Balaban J connectivity index is 0. The Bertz CT molecular complexity index is 262. The summed E-state index contributed by atoms with van der Waals surface area (Å²) < 4.78 is 0. The van der Waals surface area contributed by atoms with Crippen LogP contribution in [0.5, 0.6) is 0 Å². The van der Waals surface area contributed by atoms with Crippen LogP contribution in [0.25, 0.3) is 0 Å². The van der Waals surface area contributed by atoms with Crippen molar-refractivity contribution in [2.45, 2.75) is 82.1 Å². The first-order valence-corrected chi connectivity index (χ1v) is 7.29. The predicted octanol–water partition coefficient (Wildman–Crippen LogP) is 5.61. The molecule has 0 fully saturated rings. The highest BCUT2D eigenvalue weighted by Gasteiger charge is 2.27. The Labute approximate surface area is 121 Å². The van der Waals surface area contributed by atoms with Crippen molar-refractivity contribution in [2.75, 3.05) is 0 Å². The van der Waals surface area contributed by atoms with Crippen LogP contribution in [-0.4, -0.2) is 11.1 Å². The molecule has 0 saturated heterocycles. The van der Waals surface area contributed by atoms with Gasteiger partial charge in [-0.2, -0.15) is 0 Å². The third kappa shape index (κ3) is 15.4. The zero-order valence-electron chi connectivity index (χ0n) is 14.8. The number of hydrogen-bond acceptors (Lipinski definition) is 1. The van der Waals surface area contributed by atoms with Crippen molar-refractivity contribution in [1.29, 1.82) is 0 Å². The van der Waals surface area contributed by atoms with E-state index in [1.54, 1.807) is 0 Å². The van der Waals surface area contributed by atoms with Crippen molar-refractivity contribution in [3.63, 3.8) is 0 Å². The number of rotatable bonds is 3. The summed E-state index contributed by atoms with van der Waals surface area (Å²) >= 11 is 0. The fraction of sp³-hybridized carbons (Fsp3) is 0.941. The van der Waals surface area contributed by atoms with E-state index < -0.39 is 5.97 Å². The standard InChI is InChI=1S/C11H24.C6H12O2/c1-9(2)11(6,7)8-10(3,4)5;1-6(2,3)4-5(7)8/h9H,8H2,1-7H3;4H2,1-3H3,(H,7,8). The van der Waals surface area contributed by atoms with E-state index in [4.69, 9.17) is 5.11 Å². The molecule has 0 aliphatic carbocycles. The lowest BCUT2D eigenvalue weighted by Gasteiger charge is -2.35. The van der Waals surface area contributed by atoms with Crippen LogP contribution in [0.3, 0.4) is 0 Å². The molecule has 1 N–H and O–H groups in total. The van der Waals surface area contributed by atoms with Gasteiger partial charge in [0, 0.05) is 0 Å². The van der Waals surface area contributed by atoms with E-state index in [0.717, 1.165) is 5.92 Å². The highest BCUT2D eigenvalue weighted by Crippen LogP contribution is 2.38. The lowest BCUT2D eigenvalue weighted by atomic mass is 9.70. The molecule has 0 amide bonds. The molecular formula is C17H36O2. The minimum Gasteiger partial charge on any atom is -0.481 e. The number of aliphatic carboxylic acids is 1. The summed E-state index contributed by atoms with van der Waals surface area (Å²) in [4.78, 5) is 10.0. The van der Waals surface area contributed by atoms with E-state index >= 15 is 0 Å². The summed E-state index contributed by atoms with van der Waals surface area (Å²) in [5, 5.41) is 8.25. The van der Waals surface area contributed by atoms with Crippen LogP contribution in [0.1, 0.15) is 82.1 Å². The van der Waals surface area contributed by atoms with Crippen LogP contribution >= 0.6 is 0 Å². The smallest absolute Gasteiger partial charge is 0.303 e. The molecule has 0 aromatic rings. The summed E-state index contributed by atoms with van der Waals surface area (Å²) in [5.74, 6) is 0.0548. The summed E-state index contributed by atoms with van der Waals surface area (Å²) in [6, 6.07) is 0. The van der Waals surface area contributed by atoms with Gasteiger partial charge in [-0.3, -0.25) is 4.79 Å². The van der Waals surface area contributed by atoms with Crippen LogP contribution in [0.15, 0.2) is 0 Å². The van der Waals surface area contributed by atoms with Gasteiger partial charge in [0.2, 0.25) is 0 Å². The van der Waals surface area contributed by atoms with Crippen LogP contribution in [-0.2, 0) is 4.79 Å². The maximum atomic E-state index is 10.0. The van der Waals surface area contributed by atoms with Crippen LogP contribution in [0.2, 0.25) is 0 Å². The minimum atomic E-state index is -0.725. The molecular weight excluding hydrogens is 236 g/mol. The molecule has 2 nitrogen and oxygen atoms in total. The Morgan fingerprint density at radius 2 is 1.26 bits per heavy atom. The molecule has 19 heavy (non-hydrogen) atoms. The van der Waals surface area contributed by atoms with E-state index in [1.165, 1.54) is 6.42 Å². The lowest BCUT2D eigenvalue weighted by molar-refractivity contribution is -0.139. The van der Waals surface area contributed by atoms with Gasteiger partial charge in [0.1, 0.15) is 0 Å². The number of carboxylic acids is 1. The SMILES string of the molecule is CC(C)(C)CC(=O)O.CC(C)C(C)(C)CC(C)(C)C. The zero-order chi connectivity index (χ0) is 16.1. The monoisotopic (exact) mass is 272 g/mol. The van der Waals surface area contributed by atoms with Crippen molar-refractivity contribution < 1.29 is 9.90 Å². The van der Waals surface area contributed by atoms with E-state index in [2.05, 4.69) is 48.5 Å². The van der Waals surface area contributed by atoms with E-state index in [9.17, 15) is 4.79 Å². The molecule has 0 radical (unpaired) electrons. The van der Waals surface area contributed by atoms with Gasteiger partial charge in [0.25, 0.3) is 0 Å². The topological polar surface area (TPSA) is 37.3 Å². The molecule has 0 spiro atoms. The Morgan fingerprint density at radius 3 is 1.32 bits per heavy atom. The first kappa shape index (κ1) is 20.8. The summed E-state index contributed by atoms with van der Waals surface area (Å²) in [7, 11) is 0. The van der Waals surface area contributed by atoms with Crippen molar-refractivity contribution in [1.82, 2.24) is 0 Å². The molecule has 0 atom stereocenters. The van der Waals surface area contributed by atoms with Gasteiger partial charge in [0.15, 0.2) is 0 Å². The highest BCUT2D eigenvalue weighted by molar-refractivity contribution is 5.67. The quantitative estimate of drug-likeness (QED) is 0.724. The molecule has 0 bridgehead atoms. The van der Waals surface area contributed by atoms with Gasteiger partial charge in [-0.15, -0.1) is 0 Å². The second kappa shape index (κ2) is 7.31. The van der Waals surface area contributed by atoms with Gasteiger partial charge in [-0.25, -0.2) is 0 Å². The predicted molar refractivity (Wildman–Crippen MR) is 84.4 cm³/mol. The molecule has 0 aliphatic heterocycles. The largest absolute Gasteiger partial charge is 0.481 e. The zero-order valence-corrected chi connectivity index (χ0v) is 14.8. The first-order chi connectivity index (χ1) is 8.07. The fourth-order valence-electron chi connectivity index (χ4n) is 2.02. The Morgan fingerprint density at radius 1 is 0.895 bits per heavy atom. The van der Waals surface area contributed by atoms with Gasteiger partial charge in [-0.05, 0) is 28.6 Å². The summed E-state index contributed by atoms with van der Waals surface area (Å²) in [6.45, 7) is 22.0. The molecule has 0 saturated carbocycles. The minimum absolute atomic E-state index is 0.0775. The lowest BCUT2D eigenvalue weighted by Crippen LogP contribution is -2.25. The third-order valence-electron chi connectivity index (χ3n) is 3.23. The van der Waals surface area contributed by atoms with Gasteiger partial charge < -0.3 is 5.11 Å². The fourth-order valence-corrected chi connectivity index (χ4v) is 2.02. The average molecular weight is 272 g/mol. The van der Waals surface area contributed by atoms with E-state index in [1.807, 2.05) is 20.8 Å². The first-order valence-electron chi connectivity index (χ1n) is 7.29. The Kier molecular flexibility index (Phi) is 7.99. The molecule has 0 rings (SSSR count). The number of carbonyl (C=O) groups is 1. The second-order valence-corrected chi connectivity index (χ2v) is 9.01. The van der Waals surface area contributed by atoms with E-state index in [0.29, 0.717) is 10.8 Å². The molecule has 0 aromatic heterocycles. The van der Waals surface area contributed by atoms with Crippen molar-refractivity contribution >= 4 is 5.97 Å². The molecule has 0 aromatic carbocycles. The molecule has 2 heteroatoms. The third-order valence-corrected chi connectivity index (χ3v) is 3.23. The van der Waals surface area contributed by atoms with Crippen molar-refractivity contribution in [3.8, 4) is 0 Å². The summed E-state index contributed by atoms with van der Waals surface area (Å²) in [5.41, 5.74) is 0.873. The Hall–Kier alpha value is -0.530. The maximum Gasteiger partial charge on any atom is 0.303 e. The van der Waals surface area contributed by atoms with Gasteiger partial charge >= 0.3 is 5.97 Å². The molecule has 0 heterocycles. The number of hydrogen-bond donors (Lipinski definition) is 1. The molecule has 0 aliphatic rings. The van der Waals surface area contributed by atoms with Crippen LogP contribution < -0.4 is 0 Å². The van der Waals surface area contributed by atoms with Crippen LogP contribution in [0, 0.1) is 22.2 Å². The summed E-state index contributed by atoms with van der Waals surface area (Å²) in [6.07, 6.45) is 1.55. The van der Waals surface area contributed by atoms with Crippen LogP contribution in [0.4, 0.5) is 0 Å².